The van der Waals surface area contributed by atoms with E-state index in [1.54, 1.807) is 18.0 Å². The van der Waals surface area contributed by atoms with Gasteiger partial charge in [0.25, 0.3) is 5.91 Å². The second-order valence-electron chi connectivity index (χ2n) is 11.0. The van der Waals surface area contributed by atoms with Gasteiger partial charge in [-0.1, -0.05) is 18.1 Å². The highest BCUT2D eigenvalue weighted by Crippen LogP contribution is 2.65. The van der Waals surface area contributed by atoms with Crippen molar-refractivity contribution < 1.29 is 19.7 Å². The van der Waals surface area contributed by atoms with E-state index in [9.17, 15) is 15.0 Å². The number of likely N-dealkylation sites (tertiary alicyclic amines) is 1. The smallest absolute Gasteiger partial charge is 0.298 e. The van der Waals surface area contributed by atoms with Crippen LogP contribution in [0.25, 0.3) is 0 Å². The molecular formula is C29H32N2O4. The number of phenols is 1. The van der Waals surface area contributed by atoms with Gasteiger partial charge in [0, 0.05) is 42.6 Å². The molecule has 1 unspecified atom stereocenters. The normalized spacial score (nSPS) is 32.2. The third-order valence-electron chi connectivity index (χ3n) is 9.33. The Morgan fingerprint density at radius 1 is 1.23 bits per heavy atom. The lowest BCUT2D eigenvalue weighted by Crippen LogP contribution is -2.77. The summed E-state index contributed by atoms with van der Waals surface area (Å²) in [5.41, 5.74) is 3.69. The molecule has 2 bridgehead atoms. The summed E-state index contributed by atoms with van der Waals surface area (Å²) in [6.45, 7) is 4.95. The molecule has 35 heavy (non-hydrogen) atoms. The van der Waals surface area contributed by atoms with E-state index in [2.05, 4.69) is 30.7 Å². The Kier molecular flexibility index (Phi) is 4.81. The van der Waals surface area contributed by atoms with Crippen molar-refractivity contribution in [3.63, 3.8) is 0 Å². The number of benzene rings is 2. The monoisotopic (exact) mass is 472 g/mol. The topological polar surface area (TPSA) is 73.2 Å². The maximum absolute atomic E-state index is 13.1. The first-order valence-electron chi connectivity index (χ1n) is 12.5. The summed E-state index contributed by atoms with van der Waals surface area (Å²) in [7, 11) is 3.84. The van der Waals surface area contributed by atoms with Gasteiger partial charge in [-0.2, -0.15) is 0 Å². The predicted molar refractivity (Wildman–Crippen MR) is 132 cm³/mol. The summed E-state index contributed by atoms with van der Waals surface area (Å²) in [5.74, 6) is 6.22. The molecule has 6 nitrogen and oxygen atoms in total. The summed E-state index contributed by atoms with van der Waals surface area (Å²) in [6, 6.07) is 9.35. The van der Waals surface area contributed by atoms with Crippen molar-refractivity contribution in [1.29, 1.82) is 0 Å². The van der Waals surface area contributed by atoms with Gasteiger partial charge in [0.05, 0.1) is 11.0 Å². The van der Waals surface area contributed by atoms with Crippen LogP contribution in [0.2, 0.25) is 0 Å². The van der Waals surface area contributed by atoms with Crippen LogP contribution < -0.4 is 4.74 Å². The molecule has 4 aliphatic rings. The van der Waals surface area contributed by atoms with E-state index < -0.39 is 11.0 Å². The van der Waals surface area contributed by atoms with Gasteiger partial charge in [-0.15, -0.1) is 0 Å². The van der Waals surface area contributed by atoms with Gasteiger partial charge in [0.15, 0.2) is 11.5 Å². The number of likely N-dealkylation sites (N-methyl/N-ethyl adjacent to an activating group) is 1. The molecule has 182 valence electrons. The first kappa shape index (κ1) is 22.5. The molecule has 5 atom stereocenters. The highest BCUT2D eigenvalue weighted by molar-refractivity contribution is 5.94. The lowest BCUT2D eigenvalue weighted by atomic mass is 9.48. The van der Waals surface area contributed by atoms with Gasteiger partial charge in [-0.3, -0.25) is 4.79 Å². The van der Waals surface area contributed by atoms with Gasteiger partial charge < -0.3 is 24.7 Å². The average molecular weight is 473 g/mol. The Labute approximate surface area is 206 Å². The average Bonchev–Trinajstić information content (AvgIpc) is 3.17. The number of rotatable bonds is 1. The van der Waals surface area contributed by atoms with Gasteiger partial charge >= 0.3 is 0 Å². The van der Waals surface area contributed by atoms with Gasteiger partial charge in [0.2, 0.25) is 0 Å². The molecule has 6 heteroatoms. The Morgan fingerprint density at radius 2 is 2.03 bits per heavy atom. The van der Waals surface area contributed by atoms with Crippen LogP contribution in [0, 0.1) is 25.7 Å². The number of carbonyl (C=O) groups excluding carboxylic acids is 1. The second-order valence-corrected chi connectivity index (χ2v) is 11.0. The highest BCUT2D eigenvalue weighted by Gasteiger charge is 2.72. The molecule has 2 aliphatic carbocycles. The molecule has 6 rings (SSSR count). The molecule has 0 aromatic heterocycles. The zero-order chi connectivity index (χ0) is 24.7. The van der Waals surface area contributed by atoms with Crippen LogP contribution in [0.3, 0.4) is 0 Å². The molecule has 0 radical (unpaired) electrons. The summed E-state index contributed by atoms with van der Waals surface area (Å²) in [5, 5.41) is 23.1. The molecule has 1 saturated carbocycles. The van der Waals surface area contributed by atoms with Crippen LogP contribution in [0.4, 0.5) is 0 Å². The number of hydrogen-bond acceptors (Lipinski definition) is 5. The van der Waals surface area contributed by atoms with Crippen molar-refractivity contribution in [3.05, 3.63) is 58.1 Å². The van der Waals surface area contributed by atoms with E-state index in [0.717, 1.165) is 35.2 Å². The third kappa shape index (κ3) is 2.95. The van der Waals surface area contributed by atoms with Crippen molar-refractivity contribution in [3.8, 4) is 23.3 Å². The summed E-state index contributed by atoms with van der Waals surface area (Å²) >= 11 is 0. The number of aliphatic hydroxyl groups is 1. The van der Waals surface area contributed by atoms with E-state index in [1.165, 1.54) is 5.56 Å². The Morgan fingerprint density at radius 3 is 2.80 bits per heavy atom. The number of ether oxygens (including phenoxy) is 1. The van der Waals surface area contributed by atoms with Crippen LogP contribution in [0.1, 0.15) is 47.1 Å². The van der Waals surface area contributed by atoms with E-state index in [0.29, 0.717) is 25.0 Å². The highest BCUT2D eigenvalue weighted by atomic mass is 16.5. The van der Waals surface area contributed by atoms with E-state index in [4.69, 9.17) is 4.74 Å². The second kappa shape index (κ2) is 7.49. The van der Waals surface area contributed by atoms with Crippen LogP contribution in [0.15, 0.2) is 30.3 Å². The number of aryl methyl sites for hydroxylation is 2. The lowest BCUT2D eigenvalue weighted by molar-refractivity contribution is -0.194. The molecule has 1 amide bonds. The lowest BCUT2D eigenvalue weighted by Gasteiger charge is -2.64. The molecule has 2 aromatic carbocycles. The molecule has 2 aliphatic heterocycles. The molecular weight excluding hydrogens is 440 g/mol. The van der Waals surface area contributed by atoms with E-state index in [-0.39, 0.29) is 29.8 Å². The van der Waals surface area contributed by atoms with Crippen molar-refractivity contribution in [2.45, 2.75) is 68.7 Å². The van der Waals surface area contributed by atoms with Crippen molar-refractivity contribution in [1.82, 2.24) is 9.80 Å². The number of phenolic OH excluding ortho intramolecular Hbond substituents is 1. The molecule has 2 fully saturated rings. The fourth-order valence-electron chi connectivity index (χ4n) is 7.25. The minimum Gasteiger partial charge on any atom is -0.504 e. The zero-order valence-electron chi connectivity index (χ0n) is 20.8. The number of aromatic hydroxyl groups is 1. The Bertz CT molecular complexity index is 1310. The number of nitrogens with zero attached hydrogens (tertiary/aromatic N) is 2. The molecule has 2 aromatic rings. The molecule has 2 N–H and O–H groups in total. The van der Waals surface area contributed by atoms with Crippen LogP contribution >= 0.6 is 0 Å². The number of hydrogen-bond donors (Lipinski definition) is 2. The van der Waals surface area contributed by atoms with Gasteiger partial charge in [-0.05, 0) is 81.6 Å². The van der Waals surface area contributed by atoms with Crippen molar-refractivity contribution in [2.24, 2.45) is 0 Å². The van der Waals surface area contributed by atoms with E-state index >= 15 is 0 Å². The molecule has 2 heterocycles. The van der Waals surface area contributed by atoms with Crippen LogP contribution in [-0.2, 0) is 16.6 Å². The fourth-order valence-corrected chi connectivity index (χ4v) is 7.25. The summed E-state index contributed by atoms with van der Waals surface area (Å²) in [4.78, 5) is 17.1. The molecule has 1 saturated heterocycles. The summed E-state index contributed by atoms with van der Waals surface area (Å²) in [6.07, 6.45) is 2.23. The van der Waals surface area contributed by atoms with Crippen LogP contribution in [-0.4, -0.2) is 70.3 Å². The van der Waals surface area contributed by atoms with Crippen molar-refractivity contribution >= 4 is 5.91 Å². The maximum Gasteiger partial charge on any atom is 0.298 e. The quantitative estimate of drug-likeness (QED) is 0.625. The summed E-state index contributed by atoms with van der Waals surface area (Å²) < 4.78 is 6.42. The van der Waals surface area contributed by atoms with Gasteiger partial charge in [-0.25, -0.2) is 0 Å². The van der Waals surface area contributed by atoms with E-state index in [1.807, 2.05) is 31.2 Å². The SMILES string of the molecule is Cc1ccc(C#CC(=O)N(C)[C@H]2C[C@@H]3Oc4c(O)ccc5c4[C@@]34CCN(C)[C@H](C5)C4(O)C2)cc1C. The zero-order valence-corrected chi connectivity index (χ0v) is 20.8. The number of amides is 1. The van der Waals surface area contributed by atoms with Crippen LogP contribution in [0.5, 0.6) is 11.5 Å². The standard InChI is InChI=1S/C29H32N2O4/c1-17-5-6-19(13-18(17)2)7-10-25(33)31(4)21-15-24-28-11-12-30(3)23(29(28,34)16-21)14-20-8-9-22(32)27(35-24)26(20)28/h5-6,8-9,13,21,23-24,32,34H,11-12,14-16H2,1-4H3/t21-,23+,24-,28+,29?/m0/s1. The Hall–Kier alpha value is -3.01. The first-order chi connectivity index (χ1) is 16.7. The fraction of sp³-hybridized carbons (Fsp3) is 0.483. The number of piperidine rings is 1. The largest absolute Gasteiger partial charge is 0.504 e. The maximum atomic E-state index is 13.1. The first-order valence-corrected chi connectivity index (χ1v) is 12.5. The predicted octanol–water partition coefficient (Wildman–Crippen LogP) is 2.67. The molecule has 1 spiro atoms. The van der Waals surface area contributed by atoms with Gasteiger partial charge in [0.1, 0.15) is 6.10 Å². The van der Waals surface area contributed by atoms with Crippen molar-refractivity contribution in [2.75, 3.05) is 20.6 Å². The number of carbonyl (C=O) groups is 1. The minimum absolute atomic E-state index is 0.0711. The third-order valence-corrected chi connectivity index (χ3v) is 9.33. The Balaban J connectivity index is 1.34. The minimum atomic E-state index is -1.06.